The second-order valence-corrected chi connectivity index (χ2v) is 10.3. The van der Waals surface area contributed by atoms with Crippen molar-refractivity contribution in [2.45, 2.75) is 46.2 Å². The molecule has 0 amide bonds. The van der Waals surface area contributed by atoms with Crippen LogP contribution in [0.2, 0.25) is 0 Å². The molecule has 0 aromatic rings. The van der Waals surface area contributed by atoms with Gasteiger partial charge in [0.1, 0.15) is 0 Å². The van der Waals surface area contributed by atoms with Crippen LogP contribution in [-0.4, -0.2) is 92.7 Å². The second kappa shape index (κ2) is 12.0. The van der Waals surface area contributed by atoms with Gasteiger partial charge >= 0.3 is 0 Å². The molecule has 0 aromatic carbocycles. The van der Waals surface area contributed by atoms with Gasteiger partial charge in [0.05, 0.1) is 5.75 Å². The molecule has 1 aliphatic heterocycles. The maximum absolute atomic E-state index is 12.3. The third kappa shape index (κ3) is 8.45. The third-order valence-electron chi connectivity index (χ3n) is 4.45. The van der Waals surface area contributed by atoms with E-state index >= 15 is 0 Å². The first-order valence-corrected chi connectivity index (χ1v) is 12.3. The fourth-order valence-electron chi connectivity index (χ4n) is 3.05. The highest BCUT2D eigenvalue weighted by molar-refractivity contribution is 7.99. The Kier molecular flexibility index (Phi) is 10.9. The van der Waals surface area contributed by atoms with Gasteiger partial charge in [0.25, 0.3) is 0 Å². The number of aliphatic imine (C=N–C) groups is 1. The molecule has 9 heteroatoms. The Hall–Kier alpha value is -0.510. The lowest BCUT2D eigenvalue weighted by Gasteiger charge is -2.30. The number of guanidine groups is 1. The molecule has 26 heavy (non-hydrogen) atoms. The molecule has 1 heterocycles. The number of hydrogen-bond donors (Lipinski definition) is 2. The summed E-state index contributed by atoms with van der Waals surface area (Å²) in [5, 5.41) is 6.38. The van der Waals surface area contributed by atoms with Crippen LogP contribution in [0.3, 0.4) is 0 Å². The first-order chi connectivity index (χ1) is 12.3. The lowest BCUT2D eigenvalue weighted by molar-refractivity contribution is 0.173. The SMILES string of the molecule is CN=C(NCCCN(C(C)C)C(C)C)NCCS(=O)(=O)N1CCSCC1. The van der Waals surface area contributed by atoms with Gasteiger partial charge in [-0.15, -0.1) is 0 Å². The number of sulfonamides is 1. The molecule has 0 unspecified atom stereocenters. The smallest absolute Gasteiger partial charge is 0.215 e. The van der Waals surface area contributed by atoms with Crippen molar-refractivity contribution in [2.75, 3.05) is 57.0 Å². The molecule has 1 rings (SSSR count). The minimum absolute atomic E-state index is 0.104. The zero-order valence-electron chi connectivity index (χ0n) is 17.0. The van der Waals surface area contributed by atoms with E-state index in [0.717, 1.165) is 31.0 Å². The van der Waals surface area contributed by atoms with E-state index in [1.54, 1.807) is 11.4 Å². The molecule has 154 valence electrons. The zero-order chi connectivity index (χ0) is 19.6. The predicted octanol–water partition coefficient (Wildman–Crippen LogP) is 1.04. The maximum atomic E-state index is 12.3. The first-order valence-electron chi connectivity index (χ1n) is 9.53. The average molecular weight is 408 g/mol. The fourth-order valence-corrected chi connectivity index (χ4v) is 5.55. The van der Waals surface area contributed by atoms with E-state index in [4.69, 9.17) is 0 Å². The van der Waals surface area contributed by atoms with Gasteiger partial charge < -0.3 is 10.6 Å². The molecule has 1 aliphatic rings. The molecule has 0 aromatic heterocycles. The Labute approximate surface area is 164 Å². The lowest BCUT2D eigenvalue weighted by Crippen LogP contribution is -2.44. The van der Waals surface area contributed by atoms with Crippen molar-refractivity contribution in [1.82, 2.24) is 19.8 Å². The Morgan fingerprint density at radius 2 is 1.69 bits per heavy atom. The van der Waals surface area contributed by atoms with Gasteiger partial charge in [-0.1, -0.05) is 0 Å². The highest BCUT2D eigenvalue weighted by Crippen LogP contribution is 2.13. The van der Waals surface area contributed by atoms with Crippen molar-refractivity contribution in [1.29, 1.82) is 0 Å². The maximum Gasteiger partial charge on any atom is 0.215 e. The Bertz CT molecular complexity index is 509. The van der Waals surface area contributed by atoms with Gasteiger partial charge in [-0.2, -0.15) is 11.8 Å². The summed E-state index contributed by atoms with van der Waals surface area (Å²) in [4.78, 5) is 6.64. The van der Waals surface area contributed by atoms with Crippen LogP contribution in [0.25, 0.3) is 0 Å². The Balaban J connectivity index is 2.28. The average Bonchev–Trinajstić information content (AvgIpc) is 2.60. The summed E-state index contributed by atoms with van der Waals surface area (Å²) in [6.45, 7) is 12.3. The fraction of sp³-hybridized carbons (Fsp3) is 0.941. The number of hydrogen-bond acceptors (Lipinski definition) is 5. The van der Waals surface area contributed by atoms with Gasteiger partial charge in [-0.25, -0.2) is 12.7 Å². The van der Waals surface area contributed by atoms with Gasteiger partial charge in [0, 0.05) is 63.4 Å². The molecule has 0 atom stereocenters. The summed E-state index contributed by atoms with van der Waals surface area (Å²) < 4.78 is 26.3. The van der Waals surface area contributed by atoms with E-state index in [9.17, 15) is 8.42 Å². The number of nitrogens with one attached hydrogen (secondary N) is 2. The number of thioether (sulfide) groups is 1. The van der Waals surface area contributed by atoms with Crippen LogP contribution in [0.4, 0.5) is 0 Å². The monoisotopic (exact) mass is 407 g/mol. The van der Waals surface area contributed by atoms with Crippen LogP contribution < -0.4 is 10.6 Å². The third-order valence-corrected chi connectivity index (χ3v) is 7.27. The van der Waals surface area contributed by atoms with E-state index in [1.807, 2.05) is 11.8 Å². The lowest BCUT2D eigenvalue weighted by atomic mass is 10.2. The molecule has 0 aliphatic carbocycles. The molecule has 7 nitrogen and oxygen atoms in total. The van der Waals surface area contributed by atoms with Crippen molar-refractivity contribution < 1.29 is 8.42 Å². The molecule has 0 spiro atoms. The topological polar surface area (TPSA) is 77.0 Å². The van der Waals surface area contributed by atoms with Crippen molar-refractivity contribution in [2.24, 2.45) is 4.99 Å². The molecular formula is C17H37N5O2S2. The summed E-state index contributed by atoms with van der Waals surface area (Å²) >= 11 is 1.81. The molecule has 2 N–H and O–H groups in total. The first kappa shape index (κ1) is 23.5. The predicted molar refractivity (Wildman–Crippen MR) is 114 cm³/mol. The quantitative estimate of drug-likeness (QED) is 0.320. The van der Waals surface area contributed by atoms with Crippen LogP contribution in [0.15, 0.2) is 4.99 Å². The normalized spacial score (nSPS) is 17.3. The molecular weight excluding hydrogens is 370 g/mol. The van der Waals surface area contributed by atoms with Crippen molar-refractivity contribution >= 4 is 27.7 Å². The van der Waals surface area contributed by atoms with Crippen LogP contribution in [0.1, 0.15) is 34.1 Å². The van der Waals surface area contributed by atoms with Crippen LogP contribution in [-0.2, 0) is 10.0 Å². The van der Waals surface area contributed by atoms with Gasteiger partial charge in [0.15, 0.2) is 5.96 Å². The van der Waals surface area contributed by atoms with Gasteiger partial charge in [-0.3, -0.25) is 9.89 Å². The minimum atomic E-state index is -3.17. The van der Waals surface area contributed by atoms with Crippen molar-refractivity contribution in [3.8, 4) is 0 Å². The number of rotatable bonds is 10. The molecule has 1 saturated heterocycles. The minimum Gasteiger partial charge on any atom is -0.356 e. The van der Waals surface area contributed by atoms with E-state index in [0.29, 0.717) is 37.7 Å². The van der Waals surface area contributed by atoms with Crippen LogP contribution in [0, 0.1) is 0 Å². The van der Waals surface area contributed by atoms with E-state index in [-0.39, 0.29) is 5.75 Å². The molecule has 0 saturated carbocycles. The standard InChI is InChI=1S/C17H37N5O2S2/c1-15(2)22(16(3)4)9-6-7-19-17(18-5)20-8-14-26(23,24)21-10-12-25-13-11-21/h15-16H,6-14H2,1-5H3,(H2,18,19,20). The van der Waals surface area contributed by atoms with Crippen LogP contribution in [0.5, 0.6) is 0 Å². The van der Waals surface area contributed by atoms with Gasteiger partial charge in [-0.05, 0) is 34.1 Å². The van der Waals surface area contributed by atoms with E-state index < -0.39 is 10.0 Å². The summed E-state index contributed by atoms with van der Waals surface area (Å²) in [7, 11) is -1.47. The highest BCUT2D eigenvalue weighted by atomic mass is 32.2. The van der Waals surface area contributed by atoms with Crippen LogP contribution >= 0.6 is 11.8 Å². The summed E-state index contributed by atoms with van der Waals surface area (Å²) in [5.41, 5.74) is 0. The van der Waals surface area contributed by atoms with Crippen molar-refractivity contribution in [3.63, 3.8) is 0 Å². The number of nitrogens with zero attached hydrogens (tertiary/aromatic N) is 3. The van der Waals surface area contributed by atoms with Gasteiger partial charge in [0.2, 0.25) is 10.0 Å². The summed E-state index contributed by atoms with van der Waals surface area (Å²) in [5.74, 6) is 2.54. The zero-order valence-corrected chi connectivity index (χ0v) is 18.6. The molecule has 0 radical (unpaired) electrons. The molecule has 0 bridgehead atoms. The van der Waals surface area contributed by atoms with E-state index in [1.165, 1.54) is 0 Å². The summed E-state index contributed by atoms with van der Waals surface area (Å²) in [6.07, 6.45) is 1.01. The van der Waals surface area contributed by atoms with E-state index in [2.05, 4.69) is 48.2 Å². The summed E-state index contributed by atoms with van der Waals surface area (Å²) in [6, 6.07) is 1.07. The molecule has 1 fully saturated rings. The largest absolute Gasteiger partial charge is 0.356 e. The Morgan fingerprint density at radius 1 is 1.12 bits per heavy atom. The van der Waals surface area contributed by atoms with Crippen molar-refractivity contribution in [3.05, 3.63) is 0 Å². The second-order valence-electron chi connectivity index (χ2n) is 7.03. The Morgan fingerprint density at radius 3 is 2.23 bits per heavy atom. The highest BCUT2D eigenvalue weighted by Gasteiger charge is 2.23.